The molecule has 0 spiro atoms. The molecule has 0 aliphatic carbocycles. The molecule has 2 N–H and O–H groups in total. The van der Waals surface area contributed by atoms with Gasteiger partial charge in [0.15, 0.2) is 5.84 Å². The number of anilines is 1. The first kappa shape index (κ1) is 17.0. The van der Waals surface area contributed by atoms with E-state index in [1.807, 2.05) is 54.6 Å². The predicted molar refractivity (Wildman–Crippen MR) is 102 cm³/mol. The average molecular weight is 336 g/mol. The van der Waals surface area contributed by atoms with E-state index in [0.29, 0.717) is 12.4 Å². The molecular formula is C20H24N4O. The summed E-state index contributed by atoms with van der Waals surface area (Å²) in [5.74, 6) is 1.26. The Morgan fingerprint density at radius 1 is 1.12 bits per heavy atom. The van der Waals surface area contributed by atoms with E-state index in [9.17, 15) is 0 Å². The van der Waals surface area contributed by atoms with Crippen LogP contribution in [0.4, 0.5) is 5.82 Å². The highest BCUT2D eigenvalue weighted by Crippen LogP contribution is 2.21. The fraction of sp³-hybridized carbons (Fsp3) is 0.300. The third-order valence-corrected chi connectivity index (χ3v) is 4.16. The van der Waals surface area contributed by atoms with Gasteiger partial charge in [-0.3, -0.25) is 0 Å². The molecule has 25 heavy (non-hydrogen) atoms. The van der Waals surface area contributed by atoms with E-state index < -0.39 is 0 Å². The fourth-order valence-corrected chi connectivity index (χ4v) is 2.90. The molecule has 5 nitrogen and oxygen atoms in total. The number of nitrogens with zero attached hydrogens (tertiary/aromatic N) is 3. The molecule has 0 amide bonds. The molecule has 1 aliphatic rings. The van der Waals surface area contributed by atoms with Gasteiger partial charge >= 0.3 is 0 Å². The SMILES string of the molecule is N/C(=N\OC/C=C\c1ccccc1)c1cccnc1N1CCCCC1. The highest BCUT2D eigenvalue weighted by atomic mass is 16.6. The summed E-state index contributed by atoms with van der Waals surface area (Å²) >= 11 is 0. The summed E-state index contributed by atoms with van der Waals surface area (Å²) < 4.78 is 0. The summed E-state index contributed by atoms with van der Waals surface area (Å²) in [4.78, 5) is 12.1. The quantitative estimate of drug-likeness (QED) is 0.380. The summed E-state index contributed by atoms with van der Waals surface area (Å²) in [5.41, 5.74) is 8.09. The Morgan fingerprint density at radius 2 is 1.92 bits per heavy atom. The van der Waals surface area contributed by atoms with Crippen LogP contribution in [0.1, 0.15) is 30.4 Å². The fourth-order valence-electron chi connectivity index (χ4n) is 2.90. The molecule has 3 rings (SSSR count). The minimum Gasteiger partial charge on any atom is -0.390 e. The van der Waals surface area contributed by atoms with Crippen LogP contribution in [0.5, 0.6) is 0 Å². The number of pyridine rings is 1. The summed E-state index contributed by atoms with van der Waals surface area (Å²) in [6.07, 6.45) is 9.36. The topological polar surface area (TPSA) is 63.7 Å². The van der Waals surface area contributed by atoms with Gasteiger partial charge < -0.3 is 15.5 Å². The number of aromatic nitrogens is 1. The van der Waals surface area contributed by atoms with Crippen LogP contribution in [0.15, 0.2) is 59.9 Å². The maximum atomic E-state index is 6.13. The van der Waals surface area contributed by atoms with Crippen LogP contribution in [-0.4, -0.2) is 30.5 Å². The molecule has 130 valence electrons. The summed E-state index contributed by atoms with van der Waals surface area (Å²) in [7, 11) is 0. The molecule has 0 unspecified atom stereocenters. The van der Waals surface area contributed by atoms with Crippen LogP contribution in [0, 0.1) is 0 Å². The standard InChI is InChI=1S/C20H24N4O/c21-19(23-25-16-8-11-17-9-3-1-4-10-17)18-12-7-13-22-20(18)24-14-5-2-6-15-24/h1,3-4,7-13H,2,5-6,14-16H2,(H2,21,23)/b11-8-. The Hall–Kier alpha value is -2.82. The first-order valence-electron chi connectivity index (χ1n) is 8.72. The maximum Gasteiger partial charge on any atom is 0.174 e. The number of piperidine rings is 1. The van der Waals surface area contributed by atoms with E-state index in [4.69, 9.17) is 10.6 Å². The molecule has 0 atom stereocenters. The van der Waals surface area contributed by atoms with E-state index in [0.717, 1.165) is 30.0 Å². The Balaban J connectivity index is 1.61. The second-order valence-electron chi connectivity index (χ2n) is 6.01. The normalized spacial score (nSPS) is 15.5. The Bertz CT molecular complexity index is 721. The highest BCUT2D eigenvalue weighted by Gasteiger charge is 2.17. The zero-order valence-corrected chi connectivity index (χ0v) is 14.3. The van der Waals surface area contributed by atoms with Crippen molar-refractivity contribution >= 4 is 17.7 Å². The number of amidine groups is 1. The summed E-state index contributed by atoms with van der Waals surface area (Å²) in [5, 5.41) is 4.06. The molecule has 0 bridgehead atoms. The number of oxime groups is 1. The van der Waals surface area contributed by atoms with Gasteiger partial charge in [-0.05, 0) is 43.0 Å². The van der Waals surface area contributed by atoms with Gasteiger partial charge in [0, 0.05) is 19.3 Å². The third kappa shape index (κ3) is 4.83. The van der Waals surface area contributed by atoms with Gasteiger partial charge in [0.05, 0.1) is 5.56 Å². The Kier molecular flexibility index (Phi) is 6.04. The number of hydrogen-bond acceptors (Lipinski definition) is 4. The summed E-state index contributed by atoms with van der Waals surface area (Å²) in [6, 6.07) is 13.9. The van der Waals surface area contributed by atoms with Crippen molar-refractivity contribution in [3.63, 3.8) is 0 Å². The van der Waals surface area contributed by atoms with Crippen molar-refractivity contribution in [1.29, 1.82) is 0 Å². The van der Waals surface area contributed by atoms with Crippen molar-refractivity contribution in [1.82, 2.24) is 4.98 Å². The van der Waals surface area contributed by atoms with Gasteiger partial charge in [-0.15, -0.1) is 0 Å². The molecule has 1 aromatic carbocycles. The number of rotatable bonds is 6. The second-order valence-corrected chi connectivity index (χ2v) is 6.01. The van der Waals surface area contributed by atoms with Crippen molar-refractivity contribution < 1.29 is 4.84 Å². The van der Waals surface area contributed by atoms with Crippen LogP contribution in [0.3, 0.4) is 0 Å². The molecule has 1 fully saturated rings. The van der Waals surface area contributed by atoms with E-state index in [1.54, 1.807) is 6.20 Å². The third-order valence-electron chi connectivity index (χ3n) is 4.16. The lowest BCUT2D eigenvalue weighted by Crippen LogP contribution is -2.32. The monoisotopic (exact) mass is 336 g/mol. The van der Waals surface area contributed by atoms with Crippen molar-refractivity contribution in [2.75, 3.05) is 24.6 Å². The molecule has 2 aromatic rings. The predicted octanol–water partition coefficient (Wildman–Crippen LogP) is 3.42. The molecule has 0 radical (unpaired) electrons. The zero-order chi connectivity index (χ0) is 17.3. The molecule has 0 saturated carbocycles. The van der Waals surface area contributed by atoms with Crippen LogP contribution in [0.25, 0.3) is 6.08 Å². The smallest absolute Gasteiger partial charge is 0.174 e. The lowest BCUT2D eigenvalue weighted by atomic mass is 10.1. The van der Waals surface area contributed by atoms with Crippen LogP contribution >= 0.6 is 0 Å². The Morgan fingerprint density at radius 3 is 2.72 bits per heavy atom. The van der Waals surface area contributed by atoms with Gasteiger partial charge in [0.1, 0.15) is 12.4 Å². The van der Waals surface area contributed by atoms with Gasteiger partial charge in [-0.1, -0.05) is 41.6 Å². The lowest BCUT2D eigenvalue weighted by molar-refractivity contribution is 0.175. The van der Waals surface area contributed by atoms with Gasteiger partial charge in [-0.25, -0.2) is 4.98 Å². The van der Waals surface area contributed by atoms with E-state index in [1.165, 1.54) is 19.3 Å². The zero-order valence-electron chi connectivity index (χ0n) is 14.3. The first-order chi connectivity index (χ1) is 12.3. The van der Waals surface area contributed by atoms with Crippen molar-refractivity contribution in [2.45, 2.75) is 19.3 Å². The lowest BCUT2D eigenvalue weighted by Gasteiger charge is -2.29. The first-order valence-corrected chi connectivity index (χ1v) is 8.72. The molecule has 1 saturated heterocycles. The summed E-state index contributed by atoms with van der Waals surface area (Å²) in [6.45, 7) is 2.39. The van der Waals surface area contributed by atoms with Gasteiger partial charge in [-0.2, -0.15) is 0 Å². The minimum atomic E-state index is 0.363. The van der Waals surface area contributed by atoms with Gasteiger partial charge in [0.25, 0.3) is 0 Å². The molecule has 2 heterocycles. The van der Waals surface area contributed by atoms with Crippen LogP contribution < -0.4 is 10.6 Å². The van der Waals surface area contributed by atoms with Crippen molar-refractivity contribution in [3.05, 3.63) is 65.9 Å². The minimum absolute atomic E-state index is 0.363. The highest BCUT2D eigenvalue weighted by molar-refractivity contribution is 6.01. The van der Waals surface area contributed by atoms with Crippen molar-refractivity contribution in [3.8, 4) is 0 Å². The number of benzene rings is 1. The maximum absolute atomic E-state index is 6.13. The van der Waals surface area contributed by atoms with Crippen LogP contribution in [-0.2, 0) is 4.84 Å². The van der Waals surface area contributed by atoms with Gasteiger partial charge in [0.2, 0.25) is 0 Å². The van der Waals surface area contributed by atoms with E-state index >= 15 is 0 Å². The molecule has 1 aliphatic heterocycles. The molecule has 1 aromatic heterocycles. The molecular weight excluding hydrogens is 312 g/mol. The Labute approximate surface area is 148 Å². The number of nitrogens with two attached hydrogens (primary N) is 1. The van der Waals surface area contributed by atoms with Crippen molar-refractivity contribution in [2.24, 2.45) is 10.9 Å². The van der Waals surface area contributed by atoms with E-state index in [2.05, 4.69) is 15.0 Å². The van der Waals surface area contributed by atoms with Crippen LogP contribution in [0.2, 0.25) is 0 Å². The largest absolute Gasteiger partial charge is 0.390 e. The van der Waals surface area contributed by atoms with E-state index in [-0.39, 0.29) is 0 Å². The second kappa shape index (κ2) is 8.87. The molecule has 5 heteroatoms. The number of hydrogen-bond donors (Lipinski definition) is 1. The average Bonchev–Trinajstić information content (AvgIpc) is 2.69.